The number of methoxy groups -OCH3 is 1. The van der Waals surface area contributed by atoms with Crippen molar-refractivity contribution in [2.45, 2.75) is 6.42 Å². The normalized spacial score (nSPS) is 17.5. The molecule has 2 N–H and O–H groups in total. The Hall–Kier alpha value is -1.90. The summed E-state index contributed by atoms with van der Waals surface area (Å²) in [5.41, 5.74) is 5.97. The first-order valence-corrected chi connectivity index (χ1v) is 6.92. The van der Waals surface area contributed by atoms with E-state index in [9.17, 15) is 9.18 Å². The number of ether oxygens (including phenoxy) is 1. The number of carbonyl (C=O) groups excluding carboxylic acids is 1. The Balaban J connectivity index is 2.15. The molecular formula is C16H19FN2O2. The van der Waals surface area contributed by atoms with Gasteiger partial charge in [0.1, 0.15) is 5.82 Å². The van der Waals surface area contributed by atoms with Gasteiger partial charge in [-0.1, -0.05) is 11.8 Å². The summed E-state index contributed by atoms with van der Waals surface area (Å²) < 4.78 is 19.0. The minimum Gasteiger partial charge on any atom is -0.384 e. The predicted molar refractivity (Wildman–Crippen MR) is 78.2 cm³/mol. The number of hydrogen-bond acceptors (Lipinski definition) is 3. The summed E-state index contributed by atoms with van der Waals surface area (Å²) in [6.45, 7) is 2.08. The molecule has 0 aliphatic carbocycles. The maximum Gasteiger partial charge on any atom is 0.256 e. The van der Waals surface area contributed by atoms with Gasteiger partial charge in [-0.3, -0.25) is 4.79 Å². The standard InChI is InChI=1S/C16H19FN2O2/c1-21-11-13-6-8-19(10-13)16(20)14-9-12(3-2-7-18)4-5-15(14)17/h4-5,9,13H,6-8,10-11,18H2,1H3. The van der Waals surface area contributed by atoms with Gasteiger partial charge in [-0.05, 0) is 24.6 Å². The van der Waals surface area contributed by atoms with Crippen molar-refractivity contribution in [3.63, 3.8) is 0 Å². The Morgan fingerprint density at radius 3 is 3.10 bits per heavy atom. The number of amides is 1. The predicted octanol–water partition coefficient (Wildman–Crippen LogP) is 1.24. The molecule has 1 atom stereocenters. The van der Waals surface area contributed by atoms with Crippen molar-refractivity contribution in [2.24, 2.45) is 11.7 Å². The molecule has 1 amide bonds. The highest BCUT2D eigenvalue weighted by Crippen LogP contribution is 2.20. The molecule has 1 saturated heterocycles. The smallest absolute Gasteiger partial charge is 0.256 e. The van der Waals surface area contributed by atoms with Gasteiger partial charge in [0.25, 0.3) is 5.91 Å². The zero-order valence-electron chi connectivity index (χ0n) is 12.1. The van der Waals surface area contributed by atoms with Crippen LogP contribution in [0.2, 0.25) is 0 Å². The number of nitrogens with two attached hydrogens (primary N) is 1. The van der Waals surface area contributed by atoms with Crippen LogP contribution in [-0.2, 0) is 4.74 Å². The number of benzene rings is 1. The van der Waals surface area contributed by atoms with Crippen LogP contribution in [0.4, 0.5) is 4.39 Å². The third-order valence-corrected chi connectivity index (χ3v) is 3.51. The summed E-state index contributed by atoms with van der Waals surface area (Å²) in [5, 5.41) is 0. The fourth-order valence-corrected chi connectivity index (χ4v) is 2.48. The van der Waals surface area contributed by atoms with Crippen LogP contribution in [0.3, 0.4) is 0 Å². The monoisotopic (exact) mass is 290 g/mol. The van der Waals surface area contributed by atoms with Gasteiger partial charge in [0, 0.05) is 31.7 Å². The van der Waals surface area contributed by atoms with Crippen molar-refractivity contribution in [3.05, 3.63) is 35.1 Å². The first-order valence-electron chi connectivity index (χ1n) is 6.92. The molecular weight excluding hydrogens is 271 g/mol. The third-order valence-electron chi connectivity index (χ3n) is 3.51. The van der Waals surface area contributed by atoms with Crippen molar-refractivity contribution < 1.29 is 13.9 Å². The van der Waals surface area contributed by atoms with Gasteiger partial charge in [0.05, 0.1) is 18.7 Å². The molecule has 112 valence electrons. The second-order valence-electron chi connectivity index (χ2n) is 5.06. The topological polar surface area (TPSA) is 55.6 Å². The van der Waals surface area contributed by atoms with E-state index in [1.807, 2.05) is 0 Å². The van der Waals surface area contributed by atoms with Gasteiger partial charge in [-0.2, -0.15) is 0 Å². The van der Waals surface area contributed by atoms with E-state index in [1.165, 1.54) is 12.1 Å². The maximum absolute atomic E-state index is 13.9. The lowest BCUT2D eigenvalue weighted by Gasteiger charge is -2.17. The Bertz CT molecular complexity index is 577. The molecule has 0 radical (unpaired) electrons. The zero-order chi connectivity index (χ0) is 15.2. The lowest BCUT2D eigenvalue weighted by Crippen LogP contribution is -2.30. The molecule has 0 aromatic heterocycles. The van der Waals surface area contributed by atoms with Crippen molar-refractivity contribution in [3.8, 4) is 11.8 Å². The number of halogens is 1. The lowest BCUT2D eigenvalue weighted by atomic mass is 10.1. The molecule has 0 spiro atoms. The second-order valence-corrected chi connectivity index (χ2v) is 5.06. The molecule has 1 aliphatic heterocycles. The van der Waals surface area contributed by atoms with Crippen molar-refractivity contribution in [1.29, 1.82) is 0 Å². The van der Waals surface area contributed by atoms with Crippen LogP contribution >= 0.6 is 0 Å². The molecule has 1 aromatic carbocycles. The van der Waals surface area contributed by atoms with E-state index in [-0.39, 0.29) is 18.0 Å². The molecule has 2 rings (SSSR count). The summed E-state index contributed by atoms with van der Waals surface area (Å²) >= 11 is 0. The third kappa shape index (κ3) is 3.81. The Morgan fingerprint density at radius 1 is 1.57 bits per heavy atom. The quantitative estimate of drug-likeness (QED) is 0.852. The van der Waals surface area contributed by atoms with E-state index in [0.717, 1.165) is 6.42 Å². The number of rotatable bonds is 3. The number of carbonyl (C=O) groups is 1. The van der Waals surface area contributed by atoms with Crippen LogP contribution in [0, 0.1) is 23.6 Å². The summed E-state index contributed by atoms with van der Waals surface area (Å²) in [6.07, 6.45) is 0.883. The van der Waals surface area contributed by atoms with Crippen molar-refractivity contribution in [2.75, 3.05) is 33.4 Å². The molecule has 1 aromatic rings. The summed E-state index contributed by atoms with van der Waals surface area (Å²) in [7, 11) is 1.64. The highest BCUT2D eigenvalue weighted by molar-refractivity contribution is 5.95. The molecule has 0 bridgehead atoms. The molecule has 4 nitrogen and oxygen atoms in total. The number of hydrogen-bond donors (Lipinski definition) is 1. The van der Waals surface area contributed by atoms with E-state index >= 15 is 0 Å². The largest absolute Gasteiger partial charge is 0.384 e. The Kier molecular flexibility index (Phi) is 5.32. The van der Waals surface area contributed by atoms with E-state index in [1.54, 1.807) is 18.1 Å². The van der Waals surface area contributed by atoms with Gasteiger partial charge in [-0.15, -0.1) is 0 Å². The molecule has 21 heavy (non-hydrogen) atoms. The van der Waals surface area contributed by atoms with Crippen LogP contribution in [0.1, 0.15) is 22.3 Å². The van der Waals surface area contributed by atoms with Crippen LogP contribution in [-0.4, -0.2) is 44.2 Å². The molecule has 5 heteroatoms. The maximum atomic E-state index is 13.9. The van der Waals surface area contributed by atoms with Crippen LogP contribution in [0.5, 0.6) is 0 Å². The molecule has 1 unspecified atom stereocenters. The second kappa shape index (κ2) is 7.21. The minimum absolute atomic E-state index is 0.0666. The SMILES string of the molecule is COCC1CCN(C(=O)c2cc(C#CCN)ccc2F)C1. The zero-order valence-corrected chi connectivity index (χ0v) is 12.1. The average molecular weight is 290 g/mol. The lowest BCUT2D eigenvalue weighted by molar-refractivity contribution is 0.0771. The van der Waals surface area contributed by atoms with E-state index in [4.69, 9.17) is 10.5 Å². The number of nitrogens with zero attached hydrogens (tertiary/aromatic N) is 1. The van der Waals surface area contributed by atoms with E-state index < -0.39 is 5.82 Å². The summed E-state index contributed by atoms with van der Waals surface area (Å²) in [6, 6.07) is 4.31. The van der Waals surface area contributed by atoms with Crippen molar-refractivity contribution in [1.82, 2.24) is 4.90 Å². The first-order chi connectivity index (χ1) is 10.2. The van der Waals surface area contributed by atoms with Crippen molar-refractivity contribution >= 4 is 5.91 Å². The number of likely N-dealkylation sites (tertiary alicyclic amines) is 1. The fraction of sp³-hybridized carbons (Fsp3) is 0.438. The highest BCUT2D eigenvalue weighted by Gasteiger charge is 2.28. The van der Waals surface area contributed by atoms with Gasteiger partial charge in [-0.25, -0.2) is 4.39 Å². The molecule has 1 aliphatic rings. The highest BCUT2D eigenvalue weighted by atomic mass is 19.1. The molecule has 1 fully saturated rings. The minimum atomic E-state index is -0.520. The van der Waals surface area contributed by atoms with Gasteiger partial charge in [0.15, 0.2) is 0 Å². The Labute approximate surface area is 124 Å². The fourth-order valence-electron chi connectivity index (χ4n) is 2.48. The Morgan fingerprint density at radius 2 is 2.38 bits per heavy atom. The molecule has 1 heterocycles. The van der Waals surface area contributed by atoms with Crippen LogP contribution in [0.15, 0.2) is 18.2 Å². The van der Waals surface area contributed by atoms with Gasteiger partial charge >= 0.3 is 0 Å². The average Bonchev–Trinajstić information content (AvgIpc) is 2.95. The molecule has 0 saturated carbocycles. The van der Waals surface area contributed by atoms with Gasteiger partial charge < -0.3 is 15.4 Å². The van der Waals surface area contributed by atoms with E-state index in [2.05, 4.69) is 11.8 Å². The summed E-state index contributed by atoms with van der Waals surface area (Å²) in [4.78, 5) is 14.1. The van der Waals surface area contributed by atoms with Crippen LogP contribution < -0.4 is 5.73 Å². The summed E-state index contributed by atoms with van der Waals surface area (Å²) in [5.74, 6) is 5.02. The first kappa shape index (κ1) is 15.5. The van der Waals surface area contributed by atoms with Crippen LogP contribution in [0.25, 0.3) is 0 Å². The van der Waals surface area contributed by atoms with E-state index in [0.29, 0.717) is 31.2 Å². The van der Waals surface area contributed by atoms with Gasteiger partial charge in [0.2, 0.25) is 0 Å².